The quantitative estimate of drug-likeness (QED) is 0.829. The van der Waals surface area contributed by atoms with Crippen LogP contribution >= 0.6 is 0 Å². The number of aromatic nitrogens is 2. The molecule has 5 nitrogen and oxygen atoms in total. The molecule has 5 heteroatoms. The molecule has 1 fully saturated rings. The van der Waals surface area contributed by atoms with Crippen molar-refractivity contribution in [2.45, 2.75) is 26.3 Å². The highest BCUT2D eigenvalue weighted by Crippen LogP contribution is 2.27. The van der Waals surface area contributed by atoms with E-state index in [0.29, 0.717) is 11.8 Å². The first-order valence-electron chi connectivity index (χ1n) is 5.98. The van der Waals surface area contributed by atoms with Gasteiger partial charge in [-0.1, -0.05) is 6.92 Å². The van der Waals surface area contributed by atoms with E-state index >= 15 is 0 Å². The molecule has 2 rings (SSSR count). The smallest absolute Gasteiger partial charge is 0.221 e. The highest BCUT2D eigenvalue weighted by atomic mass is 16.5. The molecule has 1 saturated heterocycles. The van der Waals surface area contributed by atoms with Crippen molar-refractivity contribution in [2.24, 2.45) is 11.7 Å². The van der Waals surface area contributed by atoms with Crippen molar-refractivity contribution >= 4 is 5.82 Å². The maximum absolute atomic E-state index is 6.06. The third kappa shape index (κ3) is 2.49. The third-order valence-corrected chi connectivity index (χ3v) is 3.20. The minimum Gasteiger partial charge on any atom is -0.481 e. The molecule has 1 aliphatic heterocycles. The molecule has 0 aromatic carbocycles. The summed E-state index contributed by atoms with van der Waals surface area (Å²) >= 11 is 0. The first-order valence-corrected chi connectivity index (χ1v) is 5.98. The van der Waals surface area contributed by atoms with Crippen LogP contribution in [-0.4, -0.2) is 36.2 Å². The number of nitrogens with two attached hydrogens (primary N) is 1. The molecule has 2 N–H and O–H groups in total. The van der Waals surface area contributed by atoms with Gasteiger partial charge in [0.05, 0.1) is 12.7 Å². The fraction of sp³-hybridized carbons (Fsp3) is 0.667. The van der Waals surface area contributed by atoms with Gasteiger partial charge in [-0.05, 0) is 19.3 Å². The predicted molar refractivity (Wildman–Crippen MR) is 67.3 cm³/mol. The van der Waals surface area contributed by atoms with Crippen LogP contribution in [0.5, 0.6) is 5.88 Å². The molecular weight excluding hydrogens is 216 g/mol. The van der Waals surface area contributed by atoms with E-state index in [4.69, 9.17) is 10.5 Å². The first kappa shape index (κ1) is 12.1. The zero-order valence-electron chi connectivity index (χ0n) is 10.7. The summed E-state index contributed by atoms with van der Waals surface area (Å²) in [6.07, 6.45) is 2.63. The Bertz CT molecular complexity index is 386. The fourth-order valence-electron chi connectivity index (χ4n) is 2.52. The van der Waals surface area contributed by atoms with E-state index in [1.54, 1.807) is 13.4 Å². The van der Waals surface area contributed by atoms with Gasteiger partial charge in [0.15, 0.2) is 0 Å². The third-order valence-electron chi connectivity index (χ3n) is 3.20. The summed E-state index contributed by atoms with van der Waals surface area (Å²) in [5.41, 5.74) is 7.04. The van der Waals surface area contributed by atoms with E-state index in [2.05, 4.69) is 21.8 Å². The minimum atomic E-state index is 0.221. The van der Waals surface area contributed by atoms with Gasteiger partial charge >= 0.3 is 0 Å². The summed E-state index contributed by atoms with van der Waals surface area (Å²) in [4.78, 5) is 10.7. The molecule has 2 heterocycles. The Morgan fingerprint density at radius 1 is 1.41 bits per heavy atom. The number of ether oxygens (including phenoxy) is 1. The number of methoxy groups -OCH3 is 1. The summed E-state index contributed by atoms with van der Waals surface area (Å²) < 4.78 is 5.22. The van der Waals surface area contributed by atoms with Crippen LogP contribution in [0.2, 0.25) is 0 Å². The van der Waals surface area contributed by atoms with Gasteiger partial charge in [-0.2, -0.15) is 0 Å². The van der Waals surface area contributed by atoms with Crippen molar-refractivity contribution in [3.63, 3.8) is 0 Å². The molecule has 0 radical (unpaired) electrons. The van der Waals surface area contributed by atoms with E-state index in [0.717, 1.165) is 30.9 Å². The Labute approximate surface area is 102 Å². The Morgan fingerprint density at radius 3 is 2.82 bits per heavy atom. The lowest BCUT2D eigenvalue weighted by Crippen LogP contribution is -2.47. The van der Waals surface area contributed by atoms with Crippen LogP contribution in [0, 0.1) is 12.8 Å². The van der Waals surface area contributed by atoms with Crippen molar-refractivity contribution in [1.29, 1.82) is 0 Å². The average molecular weight is 236 g/mol. The summed E-state index contributed by atoms with van der Waals surface area (Å²) in [6.45, 7) is 6.05. The van der Waals surface area contributed by atoms with Gasteiger partial charge in [0.1, 0.15) is 12.1 Å². The molecule has 17 heavy (non-hydrogen) atoms. The van der Waals surface area contributed by atoms with Gasteiger partial charge in [-0.15, -0.1) is 0 Å². The molecule has 1 aromatic heterocycles. The molecule has 2 unspecified atom stereocenters. The number of nitrogens with zero attached hydrogens (tertiary/aromatic N) is 3. The standard InChI is InChI=1S/C12H20N4O/c1-8-4-10(13)6-16(5-8)11-9(2)12(17-3)15-7-14-11/h7-8,10H,4-6,13H2,1-3H3. The number of anilines is 1. The van der Waals surface area contributed by atoms with Gasteiger partial charge in [0, 0.05) is 19.1 Å². The SMILES string of the molecule is COc1ncnc(N2CC(C)CC(N)C2)c1C. The Hall–Kier alpha value is -1.36. The molecular formula is C12H20N4O. The number of hydrogen-bond acceptors (Lipinski definition) is 5. The lowest BCUT2D eigenvalue weighted by atomic mass is 9.96. The lowest BCUT2D eigenvalue weighted by Gasteiger charge is -2.36. The second kappa shape index (κ2) is 4.87. The van der Waals surface area contributed by atoms with E-state index < -0.39 is 0 Å². The van der Waals surface area contributed by atoms with E-state index in [1.807, 2.05) is 6.92 Å². The Morgan fingerprint density at radius 2 is 2.18 bits per heavy atom. The highest BCUT2D eigenvalue weighted by molar-refractivity contribution is 5.50. The van der Waals surface area contributed by atoms with E-state index in [-0.39, 0.29) is 6.04 Å². The molecule has 94 valence electrons. The number of rotatable bonds is 2. The van der Waals surface area contributed by atoms with Crippen LogP contribution in [-0.2, 0) is 0 Å². The van der Waals surface area contributed by atoms with Crippen LogP contribution in [0.1, 0.15) is 18.9 Å². The van der Waals surface area contributed by atoms with Crippen molar-refractivity contribution in [3.8, 4) is 5.88 Å². The molecule has 0 aliphatic carbocycles. The molecule has 0 spiro atoms. The van der Waals surface area contributed by atoms with Crippen molar-refractivity contribution in [3.05, 3.63) is 11.9 Å². The molecule has 1 aromatic rings. The Balaban J connectivity index is 2.27. The summed E-state index contributed by atoms with van der Waals surface area (Å²) in [5.74, 6) is 2.18. The van der Waals surface area contributed by atoms with Gasteiger partial charge in [-0.3, -0.25) is 0 Å². The molecule has 0 bridgehead atoms. The normalized spacial score (nSPS) is 24.8. The van der Waals surface area contributed by atoms with E-state index in [1.165, 1.54) is 0 Å². The topological polar surface area (TPSA) is 64.3 Å². The molecule has 2 atom stereocenters. The molecule has 0 saturated carbocycles. The number of piperidine rings is 1. The monoisotopic (exact) mass is 236 g/mol. The minimum absolute atomic E-state index is 0.221. The summed E-state index contributed by atoms with van der Waals surface area (Å²) in [7, 11) is 1.63. The average Bonchev–Trinajstić information content (AvgIpc) is 2.28. The van der Waals surface area contributed by atoms with E-state index in [9.17, 15) is 0 Å². The van der Waals surface area contributed by atoms with Crippen LogP contribution in [0.15, 0.2) is 6.33 Å². The zero-order chi connectivity index (χ0) is 12.4. The van der Waals surface area contributed by atoms with Crippen LogP contribution < -0.4 is 15.4 Å². The van der Waals surface area contributed by atoms with Crippen LogP contribution in [0.25, 0.3) is 0 Å². The van der Waals surface area contributed by atoms with Crippen LogP contribution in [0.4, 0.5) is 5.82 Å². The summed E-state index contributed by atoms with van der Waals surface area (Å²) in [5, 5.41) is 0. The van der Waals surface area contributed by atoms with Gasteiger partial charge in [0.25, 0.3) is 0 Å². The highest BCUT2D eigenvalue weighted by Gasteiger charge is 2.25. The zero-order valence-corrected chi connectivity index (χ0v) is 10.7. The Kier molecular flexibility index (Phi) is 3.47. The van der Waals surface area contributed by atoms with Crippen molar-refractivity contribution < 1.29 is 4.74 Å². The molecule has 0 amide bonds. The van der Waals surface area contributed by atoms with Gasteiger partial charge in [-0.25, -0.2) is 9.97 Å². The second-order valence-corrected chi connectivity index (χ2v) is 4.84. The second-order valence-electron chi connectivity index (χ2n) is 4.84. The number of hydrogen-bond donors (Lipinski definition) is 1. The lowest BCUT2D eigenvalue weighted by molar-refractivity contribution is 0.386. The van der Waals surface area contributed by atoms with Crippen molar-refractivity contribution in [2.75, 3.05) is 25.1 Å². The van der Waals surface area contributed by atoms with Gasteiger partial charge in [0.2, 0.25) is 5.88 Å². The van der Waals surface area contributed by atoms with Crippen molar-refractivity contribution in [1.82, 2.24) is 9.97 Å². The van der Waals surface area contributed by atoms with Crippen LogP contribution in [0.3, 0.4) is 0 Å². The predicted octanol–water partition coefficient (Wildman–Crippen LogP) is 0.967. The maximum Gasteiger partial charge on any atom is 0.221 e. The summed E-state index contributed by atoms with van der Waals surface area (Å²) in [6, 6.07) is 0.221. The fourth-order valence-corrected chi connectivity index (χ4v) is 2.52. The maximum atomic E-state index is 6.06. The van der Waals surface area contributed by atoms with Gasteiger partial charge < -0.3 is 15.4 Å². The largest absolute Gasteiger partial charge is 0.481 e. The molecule has 1 aliphatic rings. The first-order chi connectivity index (χ1) is 8.11.